The second-order valence-corrected chi connectivity index (χ2v) is 5.59. The lowest BCUT2D eigenvalue weighted by Crippen LogP contribution is -2.29. The highest BCUT2D eigenvalue weighted by atomic mass is 32.2. The van der Waals surface area contributed by atoms with Crippen molar-refractivity contribution >= 4 is 17.4 Å². The number of benzene rings is 1. The Bertz CT molecular complexity index is 321. The summed E-state index contributed by atoms with van der Waals surface area (Å²) in [4.78, 5) is 1.30. The first-order valence-corrected chi connectivity index (χ1v) is 7.02. The lowest BCUT2D eigenvalue weighted by molar-refractivity contribution is 0.371. The number of nitrogens with two attached hydrogens (primary N) is 1. The summed E-state index contributed by atoms with van der Waals surface area (Å²) in [6, 6.07) is 8.17. The third-order valence-electron chi connectivity index (χ3n) is 3.05. The Morgan fingerprint density at radius 1 is 1.44 bits per heavy atom. The Kier molecular flexibility index (Phi) is 4.55. The summed E-state index contributed by atoms with van der Waals surface area (Å²) in [5.41, 5.74) is 6.61. The average molecular weight is 236 g/mol. The van der Waals surface area contributed by atoms with Gasteiger partial charge < -0.3 is 11.1 Å². The SMILES string of the molecule is Nc1cccc(SCCC2CCCNC2)c1. The van der Waals surface area contributed by atoms with Gasteiger partial charge in [-0.2, -0.15) is 0 Å². The molecule has 3 heteroatoms. The number of anilines is 1. The van der Waals surface area contributed by atoms with E-state index in [2.05, 4.69) is 17.4 Å². The summed E-state index contributed by atoms with van der Waals surface area (Å²) in [5.74, 6) is 2.08. The summed E-state index contributed by atoms with van der Waals surface area (Å²) < 4.78 is 0. The van der Waals surface area contributed by atoms with Gasteiger partial charge in [-0.25, -0.2) is 0 Å². The fourth-order valence-electron chi connectivity index (χ4n) is 2.12. The van der Waals surface area contributed by atoms with Crippen LogP contribution in [0.1, 0.15) is 19.3 Å². The molecule has 16 heavy (non-hydrogen) atoms. The quantitative estimate of drug-likeness (QED) is 0.623. The Hall–Kier alpha value is -0.670. The molecule has 1 aliphatic heterocycles. The van der Waals surface area contributed by atoms with Gasteiger partial charge >= 0.3 is 0 Å². The zero-order valence-electron chi connectivity index (χ0n) is 9.61. The van der Waals surface area contributed by atoms with E-state index in [1.807, 2.05) is 23.9 Å². The van der Waals surface area contributed by atoms with Crippen molar-refractivity contribution in [3.05, 3.63) is 24.3 Å². The number of hydrogen-bond donors (Lipinski definition) is 2. The normalized spacial score (nSPS) is 20.9. The predicted molar refractivity (Wildman–Crippen MR) is 71.8 cm³/mol. The van der Waals surface area contributed by atoms with Crippen LogP contribution in [0.15, 0.2) is 29.2 Å². The highest BCUT2D eigenvalue weighted by Crippen LogP contribution is 2.24. The third kappa shape index (κ3) is 3.72. The van der Waals surface area contributed by atoms with E-state index in [0.29, 0.717) is 0 Å². The van der Waals surface area contributed by atoms with Crippen molar-refractivity contribution in [1.29, 1.82) is 0 Å². The second kappa shape index (κ2) is 6.16. The molecule has 1 aliphatic rings. The van der Waals surface area contributed by atoms with Gasteiger partial charge in [-0.15, -0.1) is 11.8 Å². The maximum atomic E-state index is 5.75. The van der Waals surface area contributed by atoms with Crippen LogP contribution in [0, 0.1) is 5.92 Å². The van der Waals surface area contributed by atoms with E-state index in [4.69, 9.17) is 5.73 Å². The first kappa shape index (κ1) is 11.8. The van der Waals surface area contributed by atoms with Crippen LogP contribution in [0.4, 0.5) is 5.69 Å². The number of piperidine rings is 1. The minimum atomic E-state index is 0.865. The minimum Gasteiger partial charge on any atom is -0.399 e. The molecule has 2 nitrogen and oxygen atoms in total. The van der Waals surface area contributed by atoms with E-state index in [-0.39, 0.29) is 0 Å². The molecule has 88 valence electrons. The van der Waals surface area contributed by atoms with Crippen LogP contribution in [-0.2, 0) is 0 Å². The van der Waals surface area contributed by atoms with Gasteiger partial charge in [0.2, 0.25) is 0 Å². The van der Waals surface area contributed by atoms with Gasteiger partial charge in [-0.1, -0.05) is 6.07 Å². The van der Waals surface area contributed by atoms with Crippen molar-refractivity contribution in [2.75, 3.05) is 24.6 Å². The summed E-state index contributed by atoms with van der Waals surface area (Å²) in [6.07, 6.45) is 4.05. The summed E-state index contributed by atoms with van der Waals surface area (Å²) in [5, 5.41) is 3.46. The van der Waals surface area contributed by atoms with Crippen LogP contribution in [0.5, 0.6) is 0 Å². The van der Waals surface area contributed by atoms with Crippen LogP contribution >= 0.6 is 11.8 Å². The van der Waals surface area contributed by atoms with E-state index in [1.165, 1.54) is 43.0 Å². The summed E-state index contributed by atoms with van der Waals surface area (Å²) >= 11 is 1.92. The van der Waals surface area contributed by atoms with Crippen LogP contribution in [0.3, 0.4) is 0 Å². The molecule has 0 radical (unpaired) electrons. The topological polar surface area (TPSA) is 38.0 Å². The maximum Gasteiger partial charge on any atom is 0.0325 e. The first-order valence-electron chi connectivity index (χ1n) is 6.03. The second-order valence-electron chi connectivity index (χ2n) is 4.42. The Morgan fingerprint density at radius 3 is 3.12 bits per heavy atom. The molecular weight excluding hydrogens is 216 g/mol. The molecule has 1 fully saturated rings. The average Bonchev–Trinajstić information content (AvgIpc) is 2.30. The van der Waals surface area contributed by atoms with Gasteiger partial charge in [0.15, 0.2) is 0 Å². The zero-order chi connectivity index (χ0) is 11.2. The minimum absolute atomic E-state index is 0.865. The molecule has 2 rings (SSSR count). The maximum absolute atomic E-state index is 5.75. The molecule has 0 amide bonds. The molecular formula is C13H20N2S. The number of thioether (sulfide) groups is 1. The van der Waals surface area contributed by atoms with Crippen molar-refractivity contribution in [1.82, 2.24) is 5.32 Å². The van der Waals surface area contributed by atoms with Gasteiger partial charge in [0.1, 0.15) is 0 Å². The van der Waals surface area contributed by atoms with Crippen LogP contribution in [0.25, 0.3) is 0 Å². The van der Waals surface area contributed by atoms with Crippen LogP contribution in [-0.4, -0.2) is 18.8 Å². The Balaban J connectivity index is 1.71. The van der Waals surface area contributed by atoms with Gasteiger partial charge in [0.25, 0.3) is 0 Å². The molecule has 0 spiro atoms. The standard InChI is InChI=1S/C13H20N2S/c14-12-4-1-5-13(9-12)16-8-6-11-3-2-7-15-10-11/h1,4-5,9,11,15H,2-3,6-8,10,14H2. The van der Waals surface area contributed by atoms with E-state index in [9.17, 15) is 0 Å². The number of nitrogens with one attached hydrogen (secondary N) is 1. The molecule has 3 N–H and O–H groups in total. The number of hydrogen-bond acceptors (Lipinski definition) is 3. The van der Waals surface area contributed by atoms with Crippen molar-refractivity contribution in [2.45, 2.75) is 24.2 Å². The van der Waals surface area contributed by atoms with Gasteiger partial charge in [-0.05, 0) is 62.2 Å². The Labute approximate surface area is 102 Å². The molecule has 1 heterocycles. The van der Waals surface area contributed by atoms with Crippen molar-refractivity contribution in [3.8, 4) is 0 Å². The molecule has 1 unspecified atom stereocenters. The molecule has 0 bridgehead atoms. The molecule has 1 aromatic carbocycles. The highest BCUT2D eigenvalue weighted by Gasteiger charge is 2.12. The summed E-state index contributed by atoms with van der Waals surface area (Å²) in [7, 11) is 0. The lowest BCUT2D eigenvalue weighted by atomic mass is 9.97. The van der Waals surface area contributed by atoms with Crippen molar-refractivity contribution < 1.29 is 0 Å². The summed E-state index contributed by atoms with van der Waals surface area (Å²) in [6.45, 7) is 2.41. The van der Waals surface area contributed by atoms with Gasteiger partial charge in [-0.3, -0.25) is 0 Å². The molecule has 1 saturated heterocycles. The smallest absolute Gasteiger partial charge is 0.0325 e. The monoisotopic (exact) mass is 236 g/mol. The van der Waals surface area contributed by atoms with E-state index < -0.39 is 0 Å². The molecule has 0 aromatic heterocycles. The van der Waals surface area contributed by atoms with E-state index >= 15 is 0 Å². The van der Waals surface area contributed by atoms with Gasteiger partial charge in [0, 0.05) is 10.6 Å². The molecule has 1 aromatic rings. The number of nitrogen functional groups attached to an aromatic ring is 1. The lowest BCUT2D eigenvalue weighted by Gasteiger charge is -2.22. The van der Waals surface area contributed by atoms with E-state index in [1.54, 1.807) is 0 Å². The van der Waals surface area contributed by atoms with Crippen LogP contribution in [0.2, 0.25) is 0 Å². The fourth-order valence-corrected chi connectivity index (χ4v) is 3.20. The zero-order valence-corrected chi connectivity index (χ0v) is 10.4. The van der Waals surface area contributed by atoms with E-state index in [0.717, 1.165) is 11.6 Å². The van der Waals surface area contributed by atoms with Crippen molar-refractivity contribution in [2.24, 2.45) is 5.92 Å². The molecule has 0 saturated carbocycles. The van der Waals surface area contributed by atoms with Crippen molar-refractivity contribution in [3.63, 3.8) is 0 Å². The predicted octanol–water partition coefficient (Wildman–Crippen LogP) is 2.75. The molecule has 1 atom stereocenters. The molecule has 0 aliphatic carbocycles. The first-order chi connectivity index (χ1) is 7.84. The fraction of sp³-hybridized carbons (Fsp3) is 0.538. The number of rotatable bonds is 4. The highest BCUT2D eigenvalue weighted by molar-refractivity contribution is 7.99. The Morgan fingerprint density at radius 2 is 2.38 bits per heavy atom. The third-order valence-corrected chi connectivity index (χ3v) is 4.08. The van der Waals surface area contributed by atoms with Crippen LogP contribution < -0.4 is 11.1 Å². The largest absolute Gasteiger partial charge is 0.399 e. The van der Waals surface area contributed by atoms with Gasteiger partial charge in [0.05, 0.1) is 0 Å².